The van der Waals surface area contributed by atoms with E-state index in [0.29, 0.717) is 108 Å². The van der Waals surface area contributed by atoms with Gasteiger partial charge >= 0.3 is 12.2 Å². The Hall–Kier alpha value is -8.00. The fourth-order valence-electron chi connectivity index (χ4n) is 11.6. The van der Waals surface area contributed by atoms with E-state index in [9.17, 15) is 43.0 Å². The Kier molecular flexibility index (Phi) is 16.9. The Labute approximate surface area is 478 Å². The topological polar surface area (TPSA) is 213 Å². The number of hydrogen-bond donors (Lipinski definition) is 3. The Morgan fingerprint density at radius 3 is 2.39 bits per heavy atom. The molecule has 23 heteroatoms. The molecule has 3 saturated heterocycles. The summed E-state index contributed by atoms with van der Waals surface area (Å²) in [7, 11) is 2.02. The van der Waals surface area contributed by atoms with Crippen LogP contribution < -0.4 is 19.9 Å². The number of likely N-dealkylation sites (N-methyl/N-ethyl adjacent to an activating group) is 1. The van der Waals surface area contributed by atoms with Crippen molar-refractivity contribution in [3.63, 3.8) is 0 Å². The Bertz CT molecular complexity index is 3410. The van der Waals surface area contributed by atoms with E-state index in [-0.39, 0.29) is 77.7 Å². The number of piperazine rings is 2. The van der Waals surface area contributed by atoms with Crippen molar-refractivity contribution in [3.8, 4) is 40.7 Å². The third kappa shape index (κ3) is 12.3. The summed E-state index contributed by atoms with van der Waals surface area (Å²) in [5.74, 6) is -1.80. The van der Waals surface area contributed by atoms with E-state index in [1.807, 2.05) is 73.6 Å². The van der Waals surface area contributed by atoms with Gasteiger partial charge in [-0.2, -0.15) is 28.4 Å². The van der Waals surface area contributed by atoms with Crippen molar-refractivity contribution in [2.24, 2.45) is 5.92 Å². The number of fused-ring (bicyclic) bond motifs is 2. The number of piperidine rings is 1. The minimum atomic E-state index is -4.67. The first-order chi connectivity index (χ1) is 39.4. The van der Waals surface area contributed by atoms with Crippen molar-refractivity contribution in [1.82, 2.24) is 49.6 Å². The zero-order chi connectivity index (χ0) is 58.0. The molecule has 3 N–H and O–H groups in total. The summed E-state index contributed by atoms with van der Waals surface area (Å²) < 4.78 is 47.4. The largest absolute Gasteiger partial charge is 0.508 e. The first-order valence-corrected chi connectivity index (χ1v) is 27.9. The highest BCUT2D eigenvalue weighted by Crippen LogP contribution is 2.40. The predicted octanol–water partition coefficient (Wildman–Crippen LogP) is 7.47. The number of carbonyl (C=O) groups is 3. The number of anilines is 2. The second-order valence-corrected chi connectivity index (χ2v) is 22.2. The number of aromatic hydroxyl groups is 2. The number of amides is 3. The summed E-state index contributed by atoms with van der Waals surface area (Å²) in [4.78, 5) is 63.0. The van der Waals surface area contributed by atoms with Crippen molar-refractivity contribution in [3.05, 3.63) is 119 Å². The van der Waals surface area contributed by atoms with Crippen molar-refractivity contribution < 1.29 is 42.5 Å². The number of nitrogens with one attached hydrogen (secondary N) is 1. The lowest BCUT2D eigenvalue weighted by atomic mass is 9.94. The van der Waals surface area contributed by atoms with Crippen molar-refractivity contribution >= 4 is 51.6 Å². The van der Waals surface area contributed by atoms with Gasteiger partial charge in [0.05, 0.1) is 47.4 Å². The molecule has 0 spiro atoms. The number of likely N-dealkylation sites (tertiary alicyclic amines) is 1. The maximum Gasteiger partial charge on any atom is 0.405 e. The van der Waals surface area contributed by atoms with Crippen LogP contribution in [0, 0.1) is 17.2 Å². The SMILES string of the molecule is C=CC(=O)N1CCN(c2nc(OC[C@@H]3CN(C(=O)C4CCN(Cc5ccc(-n6c(C(=O)NCC(F)(F)F)nnc6-c6cc(C(C)C)c(O)cc6O)cc5)CC4)CCN3C)nc3c2CCN(c2cccc4cccc(Cl)c24)C3)C[C@@H]1CC#N. The molecule has 2 aromatic heterocycles. The fraction of sp³-hybridized carbons (Fsp3) is 0.424. The van der Waals surface area contributed by atoms with E-state index in [4.69, 9.17) is 26.3 Å². The number of rotatable bonds is 15. The second-order valence-electron chi connectivity index (χ2n) is 21.7. The van der Waals surface area contributed by atoms with Crippen molar-refractivity contribution in [1.29, 1.82) is 5.26 Å². The van der Waals surface area contributed by atoms with Gasteiger partial charge < -0.3 is 39.9 Å². The highest BCUT2D eigenvalue weighted by atomic mass is 35.5. The van der Waals surface area contributed by atoms with Gasteiger partial charge in [-0.25, -0.2) is 0 Å². The molecule has 3 amide bonds. The molecule has 19 nitrogen and oxygen atoms in total. The van der Waals surface area contributed by atoms with Crippen LogP contribution in [-0.4, -0.2) is 170 Å². The van der Waals surface area contributed by atoms with Crippen molar-refractivity contribution in [2.75, 3.05) is 88.9 Å². The second kappa shape index (κ2) is 24.2. The number of ether oxygens (including phenoxy) is 1. The molecule has 4 aliphatic heterocycles. The normalized spacial score (nSPS) is 18.4. The van der Waals surface area contributed by atoms with Crippen LogP contribution in [-0.2, 0) is 29.1 Å². The highest BCUT2D eigenvalue weighted by Gasteiger charge is 2.37. The summed E-state index contributed by atoms with van der Waals surface area (Å²) in [6.45, 7) is 12.0. The van der Waals surface area contributed by atoms with Crippen molar-refractivity contribution in [2.45, 2.75) is 76.8 Å². The molecule has 82 heavy (non-hydrogen) atoms. The third-order valence-corrected chi connectivity index (χ3v) is 16.4. The van der Waals surface area contributed by atoms with Crippen LogP contribution in [0.3, 0.4) is 0 Å². The molecule has 4 aromatic carbocycles. The third-order valence-electron chi connectivity index (χ3n) is 16.1. The minimum Gasteiger partial charge on any atom is -0.508 e. The maximum absolute atomic E-state index is 14.3. The van der Waals surface area contributed by atoms with Gasteiger partial charge in [0.1, 0.15) is 30.5 Å². The Balaban J connectivity index is 0.802. The molecule has 10 rings (SSSR count). The van der Waals surface area contributed by atoms with Gasteiger partial charge in [0.25, 0.3) is 5.91 Å². The van der Waals surface area contributed by atoms with E-state index in [0.717, 1.165) is 45.2 Å². The number of benzene rings is 4. The molecule has 2 atom stereocenters. The lowest BCUT2D eigenvalue weighted by Gasteiger charge is -2.42. The van der Waals surface area contributed by atoms with Crippen LogP contribution in [0.25, 0.3) is 27.8 Å². The average molecular weight is 1140 g/mol. The number of carbonyl (C=O) groups excluding carboxylic acids is 3. The zero-order valence-corrected chi connectivity index (χ0v) is 46.7. The van der Waals surface area contributed by atoms with Crippen LogP contribution in [0.5, 0.6) is 17.5 Å². The van der Waals surface area contributed by atoms with Crippen LogP contribution in [0.4, 0.5) is 24.7 Å². The first kappa shape index (κ1) is 57.2. The van der Waals surface area contributed by atoms with Gasteiger partial charge in [-0.3, -0.25) is 28.8 Å². The number of hydrogen-bond acceptors (Lipinski definition) is 15. The average Bonchev–Trinajstić information content (AvgIpc) is 4.11. The molecule has 6 heterocycles. The zero-order valence-electron chi connectivity index (χ0n) is 45.9. The molecular formula is C59H65ClF3N13O6. The summed E-state index contributed by atoms with van der Waals surface area (Å²) in [6, 6.07) is 23.7. The fourth-order valence-corrected chi connectivity index (χ4v) is 11.9. The van der Waals surface area contributed by atoms with E-state index < -0.39 is 24.5 Å². The van der Waals surface area contributed by atoms with Crippen LogP contribution in [0.15, 0.2) is 85.5 Å². The van der Waals surface area contributed by atoms with Gasteiger partial charge in [0, 0.05) is 86.7 Å². The van der Waals surface area contributed by atoms with Gasteiger partial charge in [0.2, 0.25) is 17.6 Å². The van der Waals surface area contributed by atoms with Gasteiger partial charge in [-0.15, -0.1) is 10.2 Å². The lowest BCUT2D eigenvalue weighted by Crippen LogP contribution is -2.57. The molecule has 0 unspecified atom stereocenters. The molecular weight excluding hydrogens is 1080 g/mol. The minimum absolute atomic E-state index is 0.0116. The smallest absolute Gasteiger partial charge is 0.405 e. The van der Waals surface area contributed by atoms with Gasteiger partial charge in [0.15, 0.2) is 5.82 Å². The molecule has 0 saturated carbocycles. The monoisotopic (exact) mass is 1140 g/mol. The predicted molar refractivity (Wildman–Crippen MR) is 303 cm³/mol. The molecule has 4 aliphatic rings. The quantitative estimate of drug-likeness (QED) is 0.0852. The number of nitrogens with zero attached hydrogens (tertiary/aromatic N) is 12. The lowest BCUT2D eigenvalue weighted by molar-refractivity contribution is -0.140. The molecule has 0 radical (unpaired) electrons. The summed E-state index contributed by atoms with van der Waals surface area (Å²) in [6.07, 6.45) is -1.29. The molecule has 0 bridgehead atoms. The van der Waals surface area contributed by atoms with Gasteiger partial charge in [-0.05, 0) is 98.2 Å². The first-order valence-electron chi connectivity index (χ1n) is 27.5. The van der Waals surface area contributed by atoms with Crippen LogP contribution >= 0.6 is 11.6 Å². The number of phenols is 2. The number of alkyl halides is 3. The molecule has 3 fully saturated rings. The van der Waals surface area contributed by atoms with E-state index in [1.54, 1.807) is 17.0 Å². The number of nitriles is 1. The Morgan fingerprint density at radius 2 is 1.67 bits per heavy atom. The van der Waals surface area contributed by atoms with E-state index in [2.05, 4.69) is 48.5 Å². The highest BCUT2D eigenvalue weighted by molar-refractivity contribution is 6.36. The molecule has 430 valence electrons. The van der Waals surface area contributed by atoms with Gasteiger partial charge in [-0.1, -0.05) is 68.4 Å². The van der Waals surface area contributed by atoms with Crippen LogP contribution in [0.2, 0.25) is 5.02 Å². The standard InChI is InChI=1S/C59H65ClF3N13O6/c1-5-51(79)75-27-26-73(31-41(75)16-20-64)53-43-19-23-72(48-11-7-9-38-8-6-10-46(60)52(38)48)33-47(43)66-58(67-53)82-34-42-32-74(25-24-70(42)4)57(81)39-17-21-71(22-18-39)30-37-12-14-40(15-13-37)76-54(45-28-44(36(2)3)49(77)29-50(45)78)68-69-55(76)56(80)65-35-59(61,62)63/h5-15,28-29,36,39,41-42,77-78H,1,16-19,21-27,30-35H2,2-4H3,(H,65,80)/t41-,42-/m0/s1. The number of aromatic nitrogens is 5. The molecule has 6 aromatic rings. The number of halogens is 4. The number of phenolic OH excluding ortho intramolecular Hbond substituents is 2. The van der Waals surface area contributed by atoms with E-state index in [1.165, 1.54) is 16.7 Å². The molecule has 0 aliphatic carbocycles. The van der Waals surface area contributed by atoms with E-state index >= 15 is 0 Å². The maximum atomic E-state index is 14.3. The summed E-state index contributed by atoms with van der Waals surface area (Å²) >= 11 is 6.82. The van der Waals surface area contributed by atoms with Crippen LogP contribution in [0.1, 0.15) is 72.0 Å². The summed E-state index contributed by atoms with van der Waals surface area (Å²) in [5.41, 5.74) is 4.68. The summed E-state index contributed by atoms with van der Waals surface area (Å²) in [5, 5.41) is 43.9. The Morgan fingerprint density at radius 1 is 0.915 bits per heavy atom.